The molecule has 0 aliphatic heterocycles. The Bertz CT molecular complexity index is 538. The number of hydrogen-bond donors (Lipinski definition) is 2. The standard InChI is InChI=1S/C12H9F2IN2/c13-7-3-8(14)5-10(4-7)17-12-2-1-9(16)6-11(12)15/h1-6,17H,16H2. The second-order valence-electron chi connectivity index (χ2n) is 3.52. The molecule has 17 heavy (non-hydrogen) atoms. The zero-order valence-electron chi connectivity index (χ0n) is 8.68. The Morgan fingerprint density at radius 1 is 1.00 bits per heavy atom. The quantitative estimate of drug-likeness (QED) is 0.640. The van der Waals surface area contributed by atoms with Crippen molar-refractivity contribution < 1.29 is 8.78 Å². The molecule has 5 heteroatoms. The van der Waals surface area contributed by atoms with Crippen LogP contribution in [0.3, 0.4) is 0 Å². The minimum Gasteiger partial charge on any atom is -0.399 e. The Kier molecular flexibility index (Phi) is 3.46. The minimum atomic E-state index is -0.613. The van der Waals surface area contributed by atoms with E-state index in [1.54, 1.807) is 18.2 Å². The molecular formula is C12H9F2IN2. The largest absolute Gasteiger partial charge is 0.399 e. The first-order valence-corrected chi connectivity index (χ1v) is 5.90. The van der Waals surface area contributed by atoms with E-state index in [4.69, 9.17) is 5.73 Å². The van der Waals surface area contributed by atoms with Gasteiger partial charge >= 0.3 is 0 Å². The van der Waals surface area contributed by atoms with E-state index in [2.05, 4.69) is 27.9 Å². The van der Waals surface area contributed by atoms with Crippen LogP contribution in [0.15, 0.2) is 36.4 Å². The van der Waals surface area contributed by atoms with Crippen molar-refractivity contribution in [1.29, 1.82) is 0 Å². The molecule has 0 saturated carbocycles. The molecule has 0 aromatic heterocycles. The van der Waals surface area contributed by atoms with Crippen molar-refractivity contribution in [3.8, 4) is 0 Å². The van der Waals surface area contributed by atoms with Gasteiger partial charge in [0.05, 0.1) is 5.69 Å². The van der Waals surface area contributed by atoms with Crippen LogP contribution in [0.2, 0.25) is 0 Å². The first-order chi connectivity index (χ1) is 8.04. The van der Waals surface area contributed by atoms with Crippen molar-refractivity contribution in [2.24, 2.45) is 0 Å². The predicted molar refractivity (Wildman–Crippen MR) is 73.2 cm³/mol. The molecule has 0 spiro atoms. The van der Waals surface area contributed by atoms with Crippen molar-refractivity contribution in [1.82, 2.24) is 0 Å². The van der Waals surface area contributed by atoms with Crippen molar-refractivity contribution in [3.63, 3.8) is 0 Å². The van der Waals surface area contributed by atoms with Gasteiger partial charge in [0, 0.05) is 21.0 Å². The maximum atomic E-state index is 13.0. The van der Waals surface area contributed by atoms with Crippen LogP contribution in [-0.4, -0.2) is 0 Å². The van der Waals surface area contributed by atoms with E-state index in [0.717, 1.165) is 15.3 Å². The summed E-state index contributed by atoms with van der Waals surface area (Å²) in [5.74, 6) is -1.23. The van der Waals surface area contributed by atoms with Crippen LogP contribution in [0.5, 0.6) is 0 Å². The number of hydrogen-bond acceptors (Lipinski definition) is 2. The van der Waals surface area contributed by atoms with Crippen molar-refractivity contribution in [2.45, 2.75) is 0 Å². The van der Waals surface area contributed by atoms with Crippen LogP contribution >= 0.6 is 22.6 Å². The van der Waals surface area contributed by atoms with Gasteiger partial charge in [-0.1, -0.05) is 0 Å². The summed E-state index contributed by atoms with van der Waals surface area (Å²) >= 11 is 2.10. The molecule has 88 valence electrons. The second-order valence-corrected chi connectivity index (χ2v) is 4.68. The average molecular weight is 346 g/mol. The molecule has 0 heterocycles. The topological polar surface area (TPSA) is 38.0 Å². The maximum absolute atomic E-state index is 13.0. The zero-order valence-corrected chi connectivity index (χ0v) is 10.8. The lowest BCUT2D eigenvalue weighted by molar-refractivity contribution is 0.584. The van der Waals surface area contributed by atoms with Crippen molar-refractivity contribution >= 4 is 39.7 Å². The Hall–Kier alpha value is -1.37. The smallest absolute Gasteiger partial charge is 0.128 e. The molecule has 2 nitrogen and oxygen atoms in total. The van der Waals surface area contributed by atoms with E-state index in [1.807, 2.05) is 0 Å². The Morgan fingerprint density at radius 3 is 2.24 bits per heavy atom. The molecule has 0 atom stereocenters. The third-order valence-corrected chi connectivity index (χ3v) is 3.03. The molecule has 0 fully saturated rings. The van der Waals surface area contributed by atoms with Gasteiger partial charge in [0.2, 0.25) is 0 Å². The lowest BCUT2D eigenvalue weighted by Gasteiger charge is -2.09. The van der Waals surface area contributed by atoms with Gasteiger partial charge in [-0.2, -0.15) is 0 Å². The third-order valence-electron chi connectivity index (χ3n) is 2.13. The molecule has 0 unspecified atom stereocenters. The normalized spacial score (nSPS) is 10.3. The summed E-state index contributed by atoms with van der Waals surface area (Å²) in [6.07, 6.45) is 0. The number of halogens is 3. The number of anilines is 3. The summed E-state index contributed by atoms with van der Waals surface area (Å²) in [5, 5.41) is 2.94. The Morgan fingerprint density at radius 2 is 1.65 bits per heavy atom. The van der Waals surface area contributed by atoms with Gasteiger partial charge in [0.25, 0.3) is 0 Å². The fourth-order valence-electron chi connectivity index (χ4n) is 1.41. The molecule has 2 aromatic rings. The van der Waals surface area contributed by atoms with Crippen LogP contribution in [-0.2, 0) is 0 Å². The van der Waals surface area contributed by atoms with Crippen molar-refractivity contribution in [3.05, 3.63) is 51.6 Å². The maximum Gasteiger partial charge on any atom is 0.128 e. The summed E-state index contributed by atoms with van der Waals surface area (Å²) in [7, 11) is 0. The number of nitrogens with one attached hydrogen (secondary N) is 1. The number of nitrogens with two attached hydrogens (primary N) is 1. The molecule has 0 aliphatic carbocycles. The second kappa shape index (κ2) is 4.87. The Balaban J connectivity index is 2.31. The molecule has 0 amide bonds. The highest BCUT2D eigenvalue weighted by atomic mass is 127. The molecule has 0 saturated heterocycles. The highest BCUT2D eigenvalue weighted by molar-refractivity contribution is 14.1. The van der Waals surface area contributed by atoms with Gasteiger partial charge in [-0.05, 0) is 52.9 Å². The van der Waals surface area contributed by atoms with Crippen LogP contribution < -0.4 is 11.1 Å². The van der Waals surface area contributed by atoms with Gasteiger partial charge in [-0.25, -0.2) is 8.78 Å². The van der Waals surface area contributed by atoms with Crippen molar-refractivity contribution in [2.75, 3.05) is 11.1 Å². The minimum absolute atomic E-state index is 0.366. The summed E-state index contributed by atoms with van der Waals surface area (Å²) in [4.78, 5) is 0. The molecule has 2 rings (SSSR count). The number of nitrogen functional groups attached to an aromatic ring is 1. The monoisotopic (exact) mass is 346 g/mol. The third kappa shape index (κ3) is 3.06. The first kappa shape index (κ1) is 12.1. The molecular weight excluding hydrogens is 337 g/mol. The molecule has 0 aliphatic rings. The average Bonchev–Trinajstić information content (AvgIpc) is 2.21. The van der Waals surface area contributed by atoms with Gasteiger partial charge in [0.15, 0.2) is 0 Å². The molecule has 0 bridgehead atoms. The van der Waals surface area contributed by atoms with Gasteiger partial charge in [-0.15, -0.1) is 0 Å². The fourth-order valence-corrected chi connectivity index (χ4v) is 2.09. The lowest BCUT2D eigenvalue weighted by Crippen LogP contribution is -1.96. The van der Waals surface area contributed by atoms with E-state index >= 15 is 0 Å². The molecule has 2 aromatic carbocycles. The van der Waals surface area contributed by atoms with Gasteiger partial charge in [0.1, 0.15) is 11.6 Å². The van der Waals surface area contributed by atoms with Crippen LogP contribution in [0.4, 0.5) is 25.8 Å². The number of rotatable bonds is 2. The zero-order chi connectivity index (χ0) is 12.4. The van der Waals surface area contributed by atoms with E-state index in [9.17, 15) is 8.78 Å². The molecule has 0 radical (unpaired) electrons. The van der Waals surface area contributed by atoms with E-state index in [1.165, 1.54) is 12.1 Å². The SMILES string of the molecule is Nc1ccc(Nc2cc(F)cc(F)c2)c(I)c1. The van der Waals surface area contributed by atoms with E-state index in [-0.39, 0.29) is 0 Å². The summed E-state index contributed by atoms with van der Waals surface area (Å²) in [5.41, 5.74) is 7.38. The fraction of sp³-hybridized carbons (Fsp3) is 0. The van der Waals surface area contributed by atoms with E-state index < -0.39 is 11.6 Å². The summed E-state index contributed by atoms with van der Waals surface area (Å²) in [6.45, 7) is 0. The summed E-state index contributed by atoms with van der Waals surface area (Å²) in [6, 6.07) is 8.56. The van der Waals surface area contributed by atoms with Crippen LogP contribution in [0.25, 0.3) is 0 Å². The highest BCUT2D eigenvalue weighted by Crippen LogP contribution is 2.25. The summed E-state index contributed by atoms with van der Waals surface area (Å²) < 4.78 is 26.9. The van der Waals surface area contributed by atoms with Crippen LogP contribution in [0, 0.1) is 15.2 Å². The predicted octanol–water partition coefficient (Wildman–Crippen LogP) is 3.90. The first-order valence-electron chi connectivity index (χ1n) is 4.83. The van der Waals surface area contributed by atoms with Crippen LogP contribution in [0.1, 0.15) is 0 Å². The van der Waals surface area contributed by atoms with Gasteiger partial charge < -0.3 is 11.1 Å². The Labute approximate surface area is 111 Å². The van der Waals surface area contributed by atoms with E-state index in [0.29, 0.717) is 11.4 Å². The number of benzene rings is 2. The lowest BCUT2D eigenvalue weighted by atomic mass is 10.2. The van der Waals surface area contributed by atoms with Gasteiger partial charge in [-0.3, -0.25) is 0 Å². The molecule has 3 N–H and O–H groups in total. The highest BCUT2D eigenvalue weighted by Gasteiger charge is 2.04.